The third-order valence-corrected chi connectivity index (χ3v) is 2.38. The average Bonchev–Trinajstić information content (AvgIpc) is 2.14. The van der Waals surface area contributed by atoms with Gasteiger partial charge in [-0.3, -0.25) is 4.79 Å². The Morgan fingerprint density at radius 3 is 2.77 bits per heavy atom. The van der Waals surface area contributed by atoms with Gasteiger partial charge >= 0.3 is 0 Å². The van der Waals surface area contributed by atoms with Crippen molar-refractivity contribution in [2.75, 3.05) is 20.1 Å². The second-order valence-electron chi connectivity index (χ2n) is 3.22. The minimum atomic E-state index is -0.0891. The first kappa shape index (κ1) is 9.84. The summed E-state index contributed by atoms with van der Waals surface area (Å²) in [5.74, 6) is 0.158. The molecule has 0 spiro atoms. The minimum absolute atomic E-state index is 0.0891. The van der Waals surface area contributed by atoms with Crippen molar-refractivity contribution in [3.05, 3.63) is 25.4 Å². The maximum atomic E-state index is 11.7. The van der Waals surface area contributed by atoms with Crippen LogP contribution in [0.15, 0.2) is 25.4 Å². The number of carbonyl (C=O) groups is 1. The molecule has 0 aliphatic carbocycles. The Morgan fingerprint density at radius 1 is 1.54 bits per heavy atom. The van der Waals surface area contributed by atoms with Crippen LogP contribution in [0, 0.1) is 0 Å². The summed E-state index contributed by atoms with van der Waals surface area (Å²) in [6.07, 6.45) is 4.20. The number of hydrogen-bond acceptors (Lipinski definition) is 2. The van der Waals surface area contributed by atoms with E-state index < -0.39 is 0 Å². The molecule has 0 N–H and O–H groups in total. The third-order valence-electron chi connectivity index (χ3n) is 2.38. The smallest absolute Gasteiger partial charge is 0.245 e. The first-order valence-corrected chi connectivity index (χ1v) is 4.45. The van der Waals surface area contributed by atoms with Crippen LogP contribution in [0.2, 0.25) is 0 Å². The number of amides is 1. The van der Waals surface area contributed by atoms with Crippen LogP contribution in [0.5, 0.6) is 0 Å². The van der Waals surface area contributed by atoms with E-state index in [4.69, 9.17) is 0 Å². The van der Waals surface area contributed by atoms with Crippen LogP contribution in [-0.4, -0.2) is 41.9 Å². The van der Waals surface area contributed by atoms with Gasteiger partial charge in [-0.05, 0) is 12.6 Å². The molecule has 1 fully saturated rings. The van der Waals surface area contributed by atoms with E-state index in [0.717, 1.165) is 13.1 Å². The van der Waals surface area contributed by atoms with Crippen LogP contribution >= 0.6 is 0 Å². The Morgan fingerprint density at radius 2 is 2.23 bits per heavy atom. The van der Waals surface area contributed by atoms with E-state index >= 15 is 0 Å². The Balaban J connectivity index is 2.73. The average molecular weight is 180 g/mol. The fourth-order valence-corrected chi connectivity index (χ4v) is 1.54. The molecule has 1 unspecified atom stereocenters. The highest BCUT2D eigenvalue weighted by atomic mass is 16.2. The molecule has 1 aliphatic heterocycles. The van der Waals surface area contributed by atoms with Crippen LogP contribution in [0.25, 0.3) is 0 Å². The number of piperazine rings is 1. The summed E-state index contributed by atoms with van der Waals surface area (Å²) in [7, 11) is 1.83. The lowest BCUT2D eigenvalue weighted by atomic mass is 10.1. The molecule has 1 saturated heterocycles. The molecule has 0 saturated carbocycles. The lowest BCUT2D eigenvalue weighted by Crippen LogP contribution is -2.53. The molecule has 3 nitrogen and oxygen atoms in total. The van der Waals surface area contributed by atoms with Gasteiger partial charge in [-0.2, -0.15) is 0 Å². The second-order valence-corrected chi connectivity index (χ2v) is 3.22. The van der Waals surface area contributed by atoms with Gasteiger partial charge in [0.1, 0.15) is 6.04 Å². The first-order valence-electron chi connectivity index (χ1n) is 4.45. The summed E-state index contributed by atoms with van der Waals surface area (Å²) in [6, 6.07) is -0.0891. The molecule has 0 radical (unpaired) electrons. The molecule has 1 aliphatic rings. The zero-order valence-electron chi connectivity index (χ0n) is 8.07. The minimum Gasteiger partial charge on any atom is -0.364 e. The van der Waals surface area contributed by atoms with Crippen LogP contribution in [0.1, 0.15) is 6.42 Å². The fourth-order valence-electron chi connectivity index (χ4n) is 1.54. The zero-order valence-corrected chi connectivity index (χ0v) is 8.07. The highest BCUT2D eigenvalue weighted by Crippen LogP contribution is 2.13. The van der Waals surface area contributed by atoms with Crippen molar-refractivity contribution in [3.63, 3.8) is 0 Å². The second kappa shape index (κ2) is 4.12. The van der Waals surface area contributed by atoms with Crippen LogP contribution in [0.4, 0.5) is 0 Å². The van der Waals surface area contributed by atoms with Gasteiger partial charge in [0, 0.05) is 20.1 Å². The number of rotatable bonds is 3. The Bertz CT molecular complexity index is 225. The molecule has 0 aromatic rings. The lowest BCUT2D eigenvalue weighted by Gasteiger charge is -2.38. The van der Waals surface area contributed by atoms with Crippen LogP contribution in [-0.2, 0) is 4.79 Å². The summed E-state index contributed by atoms with van der Waals surface area (Å²) in [5, 5.41) is 0. The third kappa shape index (κ3) is 1.91. The molecule has 1 amide bonds. The summed E-state index contributed by atoms with van der Waals surface area (Å²) in [6.45, 7) is 8.99. The van der Waals surface area contributed by atoms with Gasteiger partial charge in [-0.1, -0.05) is 12.7 Å². The number of carbonyl (C=O) groups excluding carboxylic acids is 1. The number of likely N-dealkylation sites (N-methyl/N-ethyl adjacent to an activating group) is 1. The van der Waals surface area contributed by atoms with Crippen molar-refractivity contribution in [1.82, 2.24) is 9.80 Å². The Hall–Kier alpha value is -1.25. The van der Waals surface area contributed by atoms with Gasteiger partial charge in [0.2, 0.25) is 5.91 Å². The van der Waals surface area contributed by atoms with Crippen molar-refractivity contribution >= 4 is 5.91 Å². The molecule has 3 heteroatoms. The van der Waals surface area contributed by atoms with E-state index in [-0.39, 0.29) is 11.9 Å². The van der Waals surface area contributed by atoms with Crippen molar-refractivity contribution in [3.8, 4) is 0 Å². The zero-order chi connectivity index (χ0) is 9.84. The van der Waals surface area contributed by atoms with Crippen molar-refractivity contribution in [1.29, 1.82) is 0 Å². The first-order chi connectivity index (χ1) is 6.20. The monoisotopic (exact) mass is 180 g/mol. The maximum absolute atomic E-state index is 11.7. The molecule has 0 aromatic carbocycles. The Kier molecular flexibility index (Phi) is 3.12. The van der Waals surface area contributed by atoms with E-state index in [9.17, 15) is 4.79 Å². The van der Waals surface area contributed by atoms with E-state index in [2.05, 4.69) is 13.2 Å². The quantitative estimate of drug-likeness (QED) is 0.601. The molecule has 1 heterocycles. The summed E-state index contributed by atoms with van der Waals surface area (Å²) in [4.78, 5) is 15.4. The summed E-state index contributed by atoms with van der Waals surface area (Å²) in [5.41, 5.74) is 0. The Labute approximate surface area is 79.3 Å². The normalized spacial score (nSPS) is 23.2. The molecule has 0 bridgehead atoms. The van der Waals surface area contributed by atoms with Gasteiger partial charge in [-0.25, -0.2) is 0 Å². The highest BCUT2D eigenvalue weighted by Gasteiger charge is 2.29. The molecule has 1 rings (SSSR count). The van der Waals surface area contributed by atoms with Crippen molar-refractivity contribution < 1.29 is 4.79 Å². The molecule has 1 atom stereocenters. The van der Waals surface area contributed by atoms with Crippen LogP contribution in [0.3, 0.4) is 0 Å². The van der Waals surface area contributed by atoms with E-state index in [1.54, 1.807) is 17.2 Å². The SMILES string of the molecule is C=CCC1C(=O)N(C)CCN1C=C. The molecule has 0 aromatic heterocycles. The maximum Gasteiger partial charge on any atom is 0.245 e. The summed E-state index contributed by atoms with van der Waals surface area (Å²) >= 11 is 0. The number of hydrogen-bond donors (Lipinski definition) is 0. The van der Waals surface area contributed by atoms with Gasteiger partial charge < -0.3 is 9.80 Å². The van der Waals surface area contributed by atoms with E-state index in [0.29, 0.717) is 6.42 Å². The van der Waals surface area contributed by atoms with Gasteiger partial charge in [-0.15, -0.1) is 6.58 Å². The summed E-state index contributed by atoms with van der Waals surface area (Å²) < 4.78 is 0. The predicted octanol–water partition coefficient (Wildman–Crippen LogP) is 0.849. The largest absolute Gasteiger partial charge is 0.364 e. The molecule has 72 valence electrons. The van der Waals surface area contributed by atoms with E-state index in [1.807, 2.05) is 11.9 Å². The standard InChI is InChI=1S/C10H16N2O/c1-4-6-9-10(13)11(3)7-8-12(9)5-2/h4-5,9H,1-2,6-8H2,3H3. The van der Waals surface area contributed by atoms with Crippen molar-refractivity contribution in [2.45, 2.75) is 12.5 Å². The highest BCUT2D eigenvalue weighted by molar-refractivity contribution is 5.82. The predicted molar refractivity (Wildman–Crippen MR) is 53.1 cm³/mol. The van der Waals surface area contributed by atoms with E-state index in [1.165, 1.54) is 0 Å². The lowest BCUT2D eigenvalue weighted by molar-refractivity contribution is -0.138. The number of nitrogens with zero attached hydrogens (tertiary/aromatic N) is 2. The van der Waals surface area contributed by atoms with Crippen molar-refractivity contribution in [2.24, 2.45) is 0 Å². The molecular weight excluding hydrogens is 164 g/mol. The van der Waals surface area contributed by atoms with Crippen LogP contribution < -0.4 is 0 Å². The van der Waals surface area contributed by atoms with Gasteiger partial charge in [0.25, 0.3) is 0 Å². The topological polar surface area (TPSA) is 23.6 Å². The van der Waals surface area contributed by atoms with Gasteiger partial charge in [0.15, 0.2) is 0 Å². The van der Waals surface area contributed by atoms with Gasteiger partial charge in [0.05, 0.1) is 0 Å². The molecule has 13 heavy (non-hydrogen) atoms. The fraction of sp³-hybridized carbons (Fsp3) is 0.500. The molecular formula is C10H16N2O.